The monoisotopic (exact) mass is 348 g/mol. The average Bonchev–Trinajstić information content (AvgIpc) is 2.54. The number of nitrogens with zero attached hydrogens (tertiary/aromatic N) is 1. The van der Waals surface area contributed by atoms with Gasteiger partial charge in [-0.1, -0.05) is 29.3 Å². The SMILES string of the molecule is Cc1ccc(C(=O)OCC(=O)Nc2ccc(Cl)cc2[N+](=O)[O-])cc1. The van der Waals surface area contributed by atoms with E-state index in [2.05, 4.69) is 5.32 Å². The Labute approximate surface area is 142 Å². The van der Waals surface area contributed by atoms with Crippen molar-refractivity contribution in [3.05, 3.63) is 68.7 Å². The van der Waals surface area contributed by atoms with Gasteiger partial charge in [-0.15, -0.1) is 0 Å². The van der Waals surface area contributed by atoms with Gasteiger partial charge in [-0.3, -0.25) is 14.9 Å². The maximum absolute atomic E-state index is 11.8. The zero-order valence-electron chi connectivity index (χ0n) is 12.6. The highest BCUT2D eigenvalue weighted by atomic mass is 35.5. The number of carbonyl (C=O) groups is 2. The largest absolute Gasteiger partial charge is 0.452 e. The summed E-state index contributed by atoms with van der Waals surface area (Å²) >= 11 is 5.69. The normalized spacial score (nSPS) is 10.1. The van der Waals surface area contributed by atoms with Crippen molar-refractivity contribution >= 4 is 34.9 Å². The summed E-state index contributed by atoms with van der Waals surface area (Å²) in [5.41, 5.74) is 0.923. The van der Waals surface area contributed by atoms with Crippen molar-refractivity contribution in [1.82, 2.24) is 0 Å². The third-order valence-electron chi connectivity index (χ3n) is 3.05. The molecule has 0 saturated heterocycles. The molecule has 2 aromatic rings. The molecule has 0 aromatic heterocycles. The summed E-state index contributed by atoms with van der Waals surface area (Å²) in [6, 6.07) is 10.5. The fourth-order valence-corrected chi connectivity index (χ4v) is 2.02. The van der Waals surface area contributed by atoms with Crippen LogP contribution in [0, 0.1) is 17.0 Å². The summed E-state index contributed by atoms with van der Waals surface area (Å²) in [5, 5.41) is 13.4. The third-order valence-corrected chi connectivity index (χ3v) is 3.29. The maximum Gasteiger partial charge on any atom is 0.338 e. The van der Waals surface area contributed by atoms with Gasteiger partial charge in [0.2, 0.25) is 0 Å². The molecule has 0 atom stereocenters. The number of nitro benzene ring substituents is 1. The molecule has 0 saturated carbocycles. The zero-order valence-corrected chi connectivity index (χ0v) is 13.4. The molecule has 0 aliphatic heterocycles. The summed E-state index contributed by atoms with van der Waals surface area (Å²) in [5.74, 6) is -1.35. The molecule has 0 heterocycles. The van der Waals surface area contributed by atoms with Crippen molar-refractivity contribution < 1.29 is 19.2 Å². The maximum atomic E-state index is 11.8. The lowest BCUT2D eigenvalue weighted by molar-refractivity contribution is -0.383. The molecule has 0 aliphatic rings. The number of rotatable bonds is 5. The highest BCUT2D eigenvalue weighted by Crippen LogP contribution is 2.27. The number of amides is 1. The summed E-state index contributed by atoms with van der Waals surface area (Å²) in [6.45, 7) is 1.31. The second kappa shape index (κ2) is 7.56. The van der Waals surface area contributed by atoms with Gasteiger partial charge in [0.1, 0.15) is 5.69 Å². The van der Waals surface area contributed by atoms with Gasteiger partial charge in [0.05, 0.1) is 10.5 Å². The lowest BCUT2D eigenvalue weighted by Crippen LogP contribution is -2.21. The number of ether oxygens (including phenoxy) is 1. The standard InChI is InChI=1S/C16H13ClN2O5/c1-10-2-4-11(5-3-10)16(21)24-9-15(20)18-13-7-6-12(17)8-14(13)19(22)23/h2-8H,9H2,1H3,(H,18,20). The van der Waals surface area contributed by atoms with E-state index in [9.17, 15) is 19.7 Å². The Morgan fingerprint density at radius 1 is 1.21 bits per heavy atom. The predicted molar refractivity (Wildman–Crippen MR) is 88.2 cm³/mol. The van der Waals surface area contributed by atoms with Crippen molar-refractivity contribution in [2.45, 2.75) is 6.92 Å². The van der Waals surface area contributed by atoms with E-state index in [4.69, 9.17) is 16.3 Å². The van der Waals surface area contributed by atoms with E-state index < -0.39 is 23.4 Å². The van der Waals surface area contributed by atoms with E-state index in [0.29, 0.717) is 5.56 Å². The van der Waals surface area contributed by atoms with Crippen LogP contribution in [0.2, 0.25) is 5.02 Å². The lowest BCUT2D eigenvalue weighted by atomic mass is 10.1. The van der Waals surface area contributed by atoms with Gasteiger partial charge < -0.3 is 10.1 Å². The lowest BCUT2D eigenvalue weighted by Gasteiger charge is -2.07. The molecule has 0 radical (unpaired) electrons. The number of esters is 1. The number of carbonyl (C=O) groups excluding carboxylic acids is 2. The van der Waals surface area contributed by atoms with Crippen LogP contribution in [0.4, 0.5) is 11.4 Å². The van der Waals surface area contributed by atoms with E-state index in [1.165, 1.54) is 12.1 Å². The van der Waals surface area contributed by atoms with Gasteiger partial charge in [-0.05, 0) is 31.2 Å². The summed E-state index contributed by atoms with van der Waals surface area (Å²) < 4.78 is 4.88. The van der Waals surface area contributed by atoms with Crippen LogP contribution in [-0.2, 0) is 9.53 Å². The highest BCUT2D eigenvalue weighted by Gasteiger charge is 2.17. The Bertz CT molecular complexity index is 790. The first-order chi connectivity index (χ1) is 11.4. The second-order valence-electron chi connectivity index (χ2n) is 4.91. The van der Waals surface area contributed by atoms with Crippen LogP contribution in [0.5, 0.6) is 0 Å². The summed E-state index contributed by atoms with van der Waals surface area (Å²) in [6.07, 6.45) is 0. The van der Waals surface area contributed by atoms with Crippen LogP contribution in [0.15, 0.2) is 42.5 Å². The molecule has 0 bridgehead atoms. The van der Waals surface area contributed by atoms with Crippen LogP contribution < -0.4 is 5.32 Å². The summed E-state index contributed by atoms with van der Waals surface area (Å²) in [7, 11) is 0. The molecule has 24 heavy (non-hydrogen) atoms. The molecular formula is C16H13ClN2O5. The van der Waals surface area contributed by atoms with Gasteiger partial charge in [-0.25, -0.2) is 4.79 Å². The Balaban J connectivity index is 1.98. The van der Waals surface area contributed by atoms with E-state index in [1.807, 2.05) is 6.92 Å². The van der Waals surface area contributed by atoms with Gasteiger partial charge in [-0.2, -0.15) is 0 Å². The van der Waals surface area contributed by atoms with E-state index >= 15 is 0 Å². The molecular weight excluding hydrogens is 336 g/mol. The van der Waals surface area contributed by atoms with Gasteiger partial charge in [0.15, 0.2) is 6.61 Å². The van der Waals surface area contributed by atoms with E-state index in [0.717, 1.165) is 11.6 Å². The number of nitrogens with one attached hydrogen (secondary N) is 1. The predicted octanol–water partition coefficient (Wildman–Crippen LogP) is 3.35. The molecule has 124 valence electrons. The minimum Gasteiger partial charge on any atom is -0.452 e. The molecule has 0 fully saturated rings. The van der Waals surface area contributed by atoms with Crippen molar-refractivity contribution in [3.63, 3.8) is 0 Å². The highest BCUT2D eigenvalue weighted by molar-refractivity contribution is 6.31. The number of aryl methyl sites for hydroxylation is 1. The van der Waals surface area contributed by atoms with E-state index in [-0.39, 0.29) is 16.4 Å². The fourth-order valence-electron chi connectivity index (χ4n) is 1.85. The van der Waals surface area contributed by atoms with Crippen molar-refractivity contribution in [2.24, 2.45) is 0 Å². The number of halogens is 1. The molecule has 0 unspecified atom stereocenters. The quantitative estimate of drug-likeness (QED) is 0.507. The van der Waals surface area contributed by atoms with Gasteiger partial charge in [0.25, 0.3) is 11.6 Å². The summed E-state index contributed by atoms with van der Waals surface area (Å²) in [4.78, 5) is 33.9. The van der Waals surface area contributed by atoms with Crippen molar-refractivity contribution in [2.75, 3.05) is 11.9 Å². The second-order valence-corrected chi connectivity index (χ2v) is 5.35. The Morgan fingerprint density at radius 2 is 1.88 bits per heavy atom. The van der Waals surface area contributed by atoms with Crippen LogP contribution in [0.25, 0.3) is 0 Å². The van der Waals surface area contributed by atoms with Gasteiger partial charge >= 0.3 is 5.97 Å². The number of anilines is 1. The van der Waals surface area contributed by atoms with Crippen molar-refractivity contribution in [1.29, 1.82) is 0 Å². The Hall–Kier alpha value is -2.93. The Kier molecular flexibility index (Phi) is 5.49. The smallest absolute Gasteiger partial charge is 0.338 e. The van der Waals surface area contributed by atoms with E-state index in [1.54, 1.807) is 24.3 Å². The molecule has 7 nitrogen and oxygen atoms in total. The first-order valence-corrected chi connectivity index (χ1v) is 7.22. The fraction of sp³-hybridized carbons (Fsp3) is 0.125. The molecule has 8 heteroatoms. The molecule has 1 N–H and O–H groups in total. The van der Waals surface area contributed by atoms with Crippen LogP contribution in [0.3, 0.4) is 0 Å². The number of nitro groups is 1. The van der Waals surface area contributed by atoms with Crippen LogP contribution in [0.1, 0.15) is 15.9 Å². The van der Waals surface area contributed by atoms with Crippen LogP contribution >= 0.6 is 11.6 Å². The molecule has 2 rings (SSSR count). The number of hydrogen-bond acceptors (Lipinski definition) is 5. The number of hydrogen-bond donors (Lipinski definition) is 1. The van der Waals surface area contributed by atoms with Crippen molar-refractivity contribution in [3.8, 4) is 0 Å². The van der Waals surface area contributed by atoms with Gasteiger partial charge in [0, 0.05) is 11.1 Å². The topological polar surface area (TPSA) is 98.5 Å². The molecule has 2 aromatic carbocycles. The average molecular weight is 349 g/mol. The first kappa shape index (κ1) is 17.4. The van der Waals surface area contributed by atoms with Crippen LogP contribution in [-0.4, -0.2) is 23.4 Å². The minimum absolute atomic E-state index is 0.0271. The minimum atomic E-state index is -0.694. The first-order valence-electron chi connectivity index (χ1n) is 6.84. The Morgan fingerprint density at radius 3 is 2.50 bits per heavy atom. The zero-order chi connectivity index (χ0) is 17.7. The third kappa shape index (κ3) is 4.53. The molecule has 0 spiro atoms. The molecule has 1 amide bonds. The number of benzene rings is 2. The molecule has 0 aliphatic carbocycles.